The lowest BCUT2D eigenvalue weighted by Gasteiger charge is -2.29. The summed E-state index contributed by atoms with van der Waals surface area (Å²) in [6, 6.07) is 9.54. The molecule has 1 aromatic heterocycles. The van der Waals surface area contributed by atoms with Crippen LogP contribution in [0.1, 0.15) is 18.7 Å². The molecule has 2 amide bonds. The van der Waals surface area contributed by atoms with Gasteiger partial charge in [-0.3, -0.25) is 0 Å². The number of aromatic nitrogens is 1. The van der Waals surface area contributed by atoms with E-state index >= 15 is 0 Å². The van der Waals surface area contributed by atoms with E-state index in [1.165, 1.54) is 0 Å². The van der Waals surface area contributed by atoms with Gasteiger partial charge < -0.3 is 14.6 Å². The minimum atomic E-state index is -0.169. The van der Waals surface area contributed by atoms with Crippen LogP contribution in [0.5, 0.6) is 0 Å². The van der Waals surface area contributed by atoms with Crippen LogP contribution in [0.25, 0.3) is 11.1 Å². The lowest BCUT2D eigenvalue weighted by molar-refractivity contribution is 0.175. The van der Waals surface area contributed by atoms with Crippen LogP contribution in [0, 0.1) is 17.2 Å². The lowest BCUT2D eigenvalue weighted by Crippen LogP contribution is -2.45. The number of hydrogen-bond donors (Lipinski definition) is 1. The number of likely N-dealkylation sites (tertiary alicyclic amines) is 1. The summed E-state index contributed by atoms with van der Waals surface area (Å²) in [5, 5.41) is 11.7. The molecule has 2 aromatic rings. The maximum absolute atomic E-state index is 12.1. The number of nitriles is 1. The lowest BCUT2D eigenvalue weighted by atomic mass is 10.0. The number of nitrogens with zero attached hydrogens (tertiary/aromatic N) is 3. The fourth-order valence-electron chi connectivity index (χ4n) is 2.53. The average molecular weight is 284 g/mol. The largest absolute Gasteiger partial charge is 0.439 e. The van der Waals surface area contributed by atoms with Crippen LogP contribution in [0.2, 0.25) is 0 Å². The first-order chi connectivity index (χ1) is 10.3. The Morgan fingerprint density at radius 1 is 1.52 bits per heavy atom. The number of para-hydroxylation sites is 2. The van der Waals surface area contributed by atoms with Crippen molar-refractivity contribution in [2.24, 2.45) is 5.92 Å². The summed E-state index contributed by atoms with van der Waals surface area (Å²) >= 11 is 0. The topological polar surface area (TPSA) is 82.2 Å². The van der Waals surface area contributed by atoms with E-state index in [-0.39, 0.29) is 18.5 Å². The molecule has 1 fully saturated rings. The monoisotopic (exact) mass is 284 g/mol. The van der Waals surface area contributed by atoms with Crippen LogP contribution in [0.3, 0.4) is 0 Å². The van der Waals surface area contributed by atoms with E-state index in [1.807, 2.05) is 24.3 Å². The van der Waals surface area contributed by atoms with Gasteiger partial charge in [0.25, 0.3) is 0 Å². The van der Waals surface area contributed by atoms with E-state index < -0.39 is 0 Å². The number of urea groups is 1. The molecule has 108 valence electrons. The smallest absolute Gasteiger partial charge is 0.317 e. The molecule has 2 heterocycles. The van der Waals surface area contributed by atoms with Gasteiger partial charge in [-0.15, -0.1) is 0 Å². The molecule has 0 spiro atoms. The Hall–Kier alpha value is -2.55. The van der Waals surface area contributed by atoms with Crippen LogP contribution >= 0.6 is 0 Å². The highest BCUT2D eigenvalue weighted by Crippen LogP contribution is 2.16. The highest BCUT2D eigenvalue weighted by molar-refractivity contribution is 5.75. The maximum atomic E-state index is 12.1. The highest BCUT2D eigenvalue weighted by atomic mass is 16.3. The van der Waals surface area contributed by atoms with Gasteiger partial charge in [0.05, 0.1) is 18.5 Å². The SMILES string of the molecule is N#C[C@H]1CCCN(C(=O)NCc2nc3ccccc3o2)C1. The number of nitrogens with one attached hydrogen (secondary N) is 1. The van der Waals surface area contributed by atoms with Crippen LogP contribution in [-0.2, 0) is 6.54 Å². The Balaban J connectivity index is 1.59. The zero-order valence-corrected chi connectivity index (χ0v) is 11.6. The number of amides is 2. The predicted octanol–water partition coefficient (Wildman–Crippen LogP) is 2.27. The van der Waals surface area contributed by atoms with Crippen molar-refractivity contribution in [2.45, 2.75) is 19.4 Å². The average Bonchev–Trinajstić information content (AvgIpc) is 2.95. The van der Waals surface area contributed by atoms with Gasteiger partial charge in [-0.2, -0.15) is 5.26 Å². The van der Waals surface area contributed by atoms with E-state index in [0.29, 0.717) is 24.6 Å². The normalized spacial score (nSPS) is 18.4. The number of fused-ring (bicyclic) bond motifs is 1. The van der Waals surface area contributed by atoms with Gasteiger partial charge in [0.15, 0.2) is 5.58 Å². The third-order valence-electron chi connectivity index (χ3n) is 3.62. The van der Waals surface area contributed by atoms with Gasteiger partial charge in [-0.05, 0) is 25.0 Å². The van der Waals surface area contributed by atoms with Gasteiger partial charge in [0.2, 0.25) is 5.89 Å². The van der Waals surface area contributed by atoms with Gasteiger partial charge in [0.1, 0.15) is 5.52 Å². The molecule has 6 heteroatoms. The second-order valence-corrected chi connectivity index (χ2v) is 5.15. The van der Waals surface area contributed by atoms with Crippen LogP contribution in [-0.4, -0.2) is 29.0 Å². The minimum Gasteiger partial charge on any atom is -0.439 e. The number of benzene rings is 1. The molecule has 0 unspecified atom stereocenters. The number of rotatable bonds is 2. The van der Waals surface area contributed by atoms with Crippen molar-refractivity contribution in [3.63, 3.8) is 0 Å². The Morgan fingerprint density at radius 3 is 3.19 bits per heavy atom. The fraction of sp³-hybridized carbons (Fsp3) is 0.400. The fourth-order valence-corrected chi connectivity index (χ4v) is 2.53. The molecule has 1 aliphatic heterocycles. The first-order valence-electron chi connectivity index (χ1n) is 7.03. The third kappa shape index (κ3) is 2.97. The molecule has 1 saturated heterocycles. The van der Waals surface area contributed by atoms with Crippen molar-refractivity contribution in [3.8, 4) is 6.07 Å². The minimum absolute atomic E-state index is 0.0613. The van der Waals surface area contributed by atoms with E-state index in [0.717, 1.165) is 18.4 Å². The highest BCUT2D eigenvalue weighted by Gasteiger charge is 2.23. The maximum Gasteiger partial charge on any atom is 0.317 e. The molecule has 1 N–H and O–H groups in total. The Bertz CT molecular complexity index is 655. The summed E-state index contributed by atoms with van der Waals surface area (Å²) < 4.78 is 5.55. The van der Waals surface area contributed by atoms with E-state index in [9.17, 15) is 4.79 Å². The van der Waals surface area contributed by atoms with Gasteiger partial charge in [-0.1, -0.05) is 12.1 Å². The number of carbonyl (C=O) groups is 1. The molecule has 3 rings (SSSR count). The summed E-state index contributed by atoms with van der Waals surface area (Å²) in [6.45, 7) is 1.44. The summed E-state index contributed by atoms with van der Waals surface area (Å²) in [5.41, 5.74) is 1.49. The molecule has 0 aliphatic carbocycles. The van der Waals surface area contributed by atoms with Crippen molar-refractivity contribution >= 4 is 17.1 Å². The van der Waals surface area contributed by atoms with Crippen LogP contribution in [0.15, 0.2) is 28.7 Å². The van der Waals surface area contributed by atoms with Crippen molar-refractivity contribution in [1.29, 1.82) is 5.26 Å². The predicted molar refractivity (Wildman–Crippen MR) is 76.2 cm³/mol. The van der Waals surface area contributed by atoms with E-state index in [4.69, 9.17) is 9.68 Å². The van der Waals surface area contributed by atoms with Crippen LogP contribution in [0.4, 0.5) is 4.79 Å². The van der Waals surface area contributed by atoms with Crippen molar-refractivity contribution in [3.05, 3.63) is 30.2 Å². The molecular weight excluding hydrogens is 268 g/mol. The molecule has 0 bridgehead atoms. The number of carbonyl (C=O) groups excluding carboxylic acids is 1. The molecule has 0 saturated carbocycles. The Labute approximate surface area is 122 Å². The summed E-state index contributed by atoms with van der Waals surface area (Å²) in [4.78, 5) is 18.1. The van der Waals surface area contributed by atoms with Gasteiger partial charge >= 0.3 is 6.03 Å². The van der Waals surface area contributed by atoms with Crippen molar-refractivity contribution in [2.75, 3.05) is 13.1 Å². The molecule has 0 radical (unpaired) electrons. The van der Waals surface area contributed by atoms with Gasteiger partial charge in [-0.25, -0.2) is 9.78 Å². The molecule has 1 atom stereocenters. The van der Waals surface area contributed by atoms with Crippen LogP contribution < -0.4 is 5.32 Å². The molecule has 1 aromatic carbocycles. The Morgan fingerprint density at radius 2 is 2.38 bits per heavy atom. The first-order valence-corrected chi connectivity index (χ1v) is 7.03. The summed E-state index contributed by atoms with van der Waals surface area (Å²) in [6.07, 6.45) is 1.74. The molecule has 6 nitrogen and oxygen atoms in total. The third-order valence-corrected chi connectivity index (χ3v) is 3.62. The summed E-state index contributed by atoms with van der Waals surface area (Å²) in [5.74, 6) is 0.423. The first kappa shape index (κ1) is 13.4. The van der Waals surface area contributed by atoms with Crippen molar-refractivity contribution < 1.29 is 9.21 Å². The molecule has 1 aliphatic rings. The summed E-state index contributed by atoms with van der Waals surface area (Å²) in [7, 11) is 0. The van der Waals surface area contributed by atoms with Crippen molar-refractivity contribution in [1.82, 2.24) is 15.2 Å². The standard InChI is InChI=1S/C15H16N4O2/c16-8-11-4-3-7-19(10-11)15(20)17-9-14-18-12-5-1-2-6-13(12)21-14/h1-2,5-6,11H,3-4,7,9-10H2,(H,17,20)/t11-/m1/s1. The van der Waals surface area contributed by atoms with Gasteiger partial charge in [0, 0.05) is 13.1 Å². The quantitative estimate of drug-likeness (QED) is 0.917. The molecule has 21 heavy (non-hydrogen) atoms. The number of oxazole rings is 1. The number of hydrogen-bond acceptors (Lipinski definition) is 4. The molecular formula is C15H16N4O2. The second-order valence-electron chi connectivity index (χ2n) is 5.15. The van der Waals surface area contributed by atoms with E-state index in [1.54, 1.807) is 4.90 Å². The number of piperidine rings is 1. The Kier molecular flexibility index (Phi) is 3.73. The second kappa shape index (κ2) is 5.83. The van der Waals surface area contributed by atoms with E-state index in [2.05, 4.69) is 16.4 Å². The zero-order chi connectivity index (χ0) is 14.7. The zero-order valence-electron chi connectivity index (χ0n) is 11.6.